The highest BCUT2D eigenvalue weighted by Gasteiger charge is 2.21. The topological polar surface area (TPSA) is 75.9 Å². The molecular weight excluding hydrogens is 250 g/mol. The van der Waals surface area contributed by atoms with Gasteiger partial charge in [-0.3, -0.25) is 0 Å². The Morgan fingerprint density at radius 1 is 1.50 bits per heavy atom. The number of hydrogen-bond acceptors (Lipinski definition) is 6. The maximum atomic E-state index is 9.77. The molecule has 1 atom stereocenters. The second kappa shape index (κ2) is 7.06. The van der Waals surface area contributed by atoms with Gasteiger partial charge >= 0.3 is 0 Å². The fourth-order valence-electron chi connectivity index (χ4n) is 2.20. The van der Waals surface area contributed by atoms with Crippen molar-refractivity contribution in [1.82, 2.24) is 25.5 Å². The van der Waals surface area contributed by atoms with Gasteiger partial charge in [-0.15, -0.1) is 5.10 Å². The van der Waals surface area contributed by atoms with Crippen LogP contribution < -0.4 is 5.32 Å². The van der Waals surface area contributed by atoms with E-state index >= 15 is 0 Å². The lowest BCUT2D eigenvalue weighted by Gasteiger charge is -2.13. The fourth-order valence-corrected chi connectivity index (χ4v) is 3.07. The van der Waals surface area contributed by atoms with Crippen molar-refractivity contribution in [2.24, 2.45) is 0 Å². The molecule has 1 aliphatic carbocycles. The van der Waals surface area contributed by atoms with Crippen LogP contribution in [0.3, 0.4) is 0 Å². The molecule has 1 aromatic heterocycles. The number of rotatable bonds is 7. The summed E-state index contributed by atoms with van der Waals surface area (Å²) in [5.41, 5.74) is 0. The van der Waals surface area contributed by atoms with Gasteiger partial charge in [0.05, 0.1) is 12.1 Å². The first-order valence-corrected chi connectivity index (χ1v) is 7.59. The number of nitrogens with one attached hydrogen (secondary N) is 1. The van der Waals surface area contributed by atoms with Gasteiger partial charge in [0.25, 0.3) is 0 Å². The summed E-state index contributed by atoms with van der Waals surface area (Å²) in [7, 11) is 0. The highest BCUT2D eigenvalue weighted by atomic mass is 32.2. The molecule has 0 radical (unpaired) electrons. The molecule has 1 saturated carbocycles. The van der Waals surface area contributed by atoms with Crippen LogP contribution in [-0.2, 0) is 0 Å². The summed E-state index contributed by atoms with van der Waals surface area (Å²) >= 11 is 1.54. The summed E-state index contributed by atoms with van der Waals surface area (Å²) in [6.45, 7) is 3.52. The van der Waals surface area contributed by atoms with E-state index < -0.39 is 0 Å². The van der Waals surface area contributed by atoms with Gasteiger partial charge in [0.2, 0.25) is 5.16 Å². The van der Waals surface area contributed by atoms with Crippen LogP contribution in [0.2, 0.25) is 0 Å². The third kappa shape index (κ3) is 3.66. The zero-order valence-corrected chi connectivity index (χ0v) is 11.6. The minimum absolute atomic E-state index is 0.358. The van der Waals surface area contributed by atoms with Gasteiger partial charge < -0.3 is 10.4 Å². The number of thioether (sulfide) groups is 1. The molecule has 1 aromatic rings. The van der Waals surface area contributed by atoms with E-state index in [-0.39, 0.29) is 6.10 Å². The van der Waals surface area contributed by atoms with Crippen LogP contribution in [0.15, 0.2) is 5.16 Å². The molecule has 0 aromatic carbocycles. The third-order valence-electron chi connectivity index (χ3n) is 3.17. The number of nitrogens with zero attached hydrogens (tertiary/aromatic N) is 4. The molecule has 2 N–H and O–H groups in total. The van der Waals surface area contributed by atoms with Crippen LogP contribution in [0.25, 0.3) is 0 Å². The van der Waals surface area contributed by atoms with Gasteiger partial charge in [-0.2, -0.15) is 0 Å². The van der Waals surface area contributed by atoms with Crippen LogP contribution in [0.4, 0.5) is 0 Å². The zero-order chi connectivity index (χ0) is 12.8. The molecule has 2 rings (SSSR count). The van der Waals surface area contributed by atoms with E-state index in [1.165, 1.54) is 37.4 Å². The Hall–Kier alpha value is -0.660. The maximum absolute atomic E-state index is 9.77. The molecule has 7 heteroatoms. The summed E-state index contributed by atoms with van der Waals surface area (Å²) in [4.78, 5) is 0. The first-order chi connectivity index (χ1) is 8.81. The Kier molecular flexibility index (Phi) is 5.40. The predicted octanol–water partition coefficient (Wildman–Crippen LogP) is 0.851. The Labute approximate surface area is 112 Å². The van der Waals surface area contributed by atoms with E-state index in [0.29, 0.717) is 18.3 Å². The summed E-state index contributed by atoms with van der Waals surface area (Å²) in [5.74, 6) is 0.625. The second-order valence-electron chi connectivity index (χ2n) is 4.62. The average molecular weight is 271 g/mol. The molecule has 1 fully saturated rings. The average Bonchev–Trinajstić information content (AvgIpc) is 3.03. The van der Waals surface area contributed by atoms with Crippen LogP contribution in [0.5, 0.6) is 0 Å². The third-order valence-corrected chi connectivity index (χ3v) is 4.25. The summed E-state index contributed by atoms with van der Waals surface area (Å²) in [6, 6.07) is 0.452. The van der Waals surface area contributed by atoms with Crippen LogP contribution >= 0.6 is 11.8 Å². The first-order valence-electron chi connectivity index (χ1n) is 6.60. The highest BCUT2D eigenvalue weighted by Crippen LogP contribution is 2.31. The SMILES string of the molecule is CCNCC(O)CSc1nnnn1C1CCCC1. The quantitative estimate of drug-likeness (QED) is 0.716. The van der Waals surface area contributed by atoms with Gasteiger partial charge in [0, 0.05) is 12.3 Å². The Bertz CT molecular complexity index is 353. The van der Waals surface area contributed by atoms with Crippen molar-refractivity contribution < 1.29 is 5.11 Å². The monoisotopic (exact) mass is 271 g/mol. The minimum atomic E-state index is -0.358. The lowest BCUT2D eigenvalue weighted by molar-refractivity contribution is 0.196. The summed E-state index contributed by atoms with van der Waals surface area (Å²) in [6.07, 6.45) is 4.50. The molecule has 1 heterocycles. The number of aliphatic hydroxyl groups excluding tert-OH is 1. The maximum Gasteiger partial charge on any atom is 0.209 e. The Morgan fingerprint density at radius 2 is 2.28 bits per heavy atom. The minimum Gasteiger partial charge on any atom is -0.391 e. The molecule has 1 aliphatic rings. The summed E-state index contributed by atoms with van der Waals surface area (Å²) in [5, 5.41) is 25.6. The van der Waals surface area contributed by atoms with Gasteiger partial charge in [-0.1, -0.05) is 31.5 Å². The number of aromatic nitrogens is 4. The molecule has 102 valence electrons. The van der Waals surface area contributed by atoms with Crippen molar-refractivity contribution in [1.29, 1.82) is 0 Å². The molecule has 0 spiro atoms. The number of hydrogen-bond donors (Lipinski definition) is 2. The molecule has 18 heavy (non-hydrogen) atoms. The van der Waals surface area contributed by atoms with Crippen molar-refractivity contribution >= 4 is 11.8 Å². The largest absolute Gasteiger partial charge is 0.391 e. The molecule has 0 bridgehead atoms. The lowest BCUT2D eigenvalue weighted by atomic mass is 10.3. The van der Waals surface area contributed by atoms with Crippen molar-refractivity contribution in [2.45, 2.75) is 49.9 Å². The van der Waals surface area contributed by atoms with Gasteiger partial charge in [-0.25, -0.2) is 4.68 Å². The Morgan fingerprint density at radius 3 is 3.00 bits per heavy atom. The molecule has 0 aliphatic heterocycles. The second-order valence-corrected chi connectivity index (χ2v) is 5.60. The smallest absolute Gasteiger partial charge is 0.209 e. The van der Waals surface area contributed by atoms with Crippen molar-refractivity contribution in [2.75, 3.05) is 18.8 Å². The molecule has 6 nitrogen and oxygen atoms in total. The van der Waals surface area contributed by atoms with E-state index in [4.69, 9.17) is 0 Å². The van der Waals surface area contributed by atoms with E-state index in [1.807, 2.05) is 11.6 Å². The van der Waals surface area contributed by atoms with E-state index in [0.717, 1.165) is 11.7 Å². The number of tetrazole rings is 1. The predicted molar refractivity (Wildman–Crippen MR) is 70.6 cm³/mol. The van der Waals surface area contributed by atoms with Crippen LogP contribution in [-0.4, -0.2) is 50.3 Å². The van der Waals surface area contributed by atoms with Gasteiger partial charge in [-0.05, 0) is 29.8 Å². The molecule has 0 saturated heterocycles. The van der Waals surface area contributed by atoms with E-state index in [1.54, 1.807) is 0 Å². The first kappa shape index (κ1) is 13.8. The summed E-state index contributed by atoms with van der Waals surface area (Å²) < 4.78 is 1.93. The normalized spacial score (nSPS) is 18.3. The Balaban J connectivity index is 1.83. The fraction of sp³-hybridized carbons (Fsp3) is 0.909. The molecular formula is C11H21N5OS. The van der Waals surface area contributed by atoms with Gasteiger partial charge in [0.1, 0.15) is 0 Å². The van der Waals surface area contributed by atoms with Crippen molar-refractivity contribution in [3.8, 4) is 0 Å². The zero-order valence-electron chi connectivity index (χ0n) is 10.7. The standard InChI is InChI=1S/C11H21N5OS/c1-2-12-7-10(17)8-18-11-13-14-15-16(11)9-5-3-4-6-9/h9-10,12,17H,2-8H2,1H3. The van der Waals surface area contributed by atoms with E-state index in [9.17, 15) is 5.11 Å². The molecule has 0 amide bonds. The number of likely N-dealkylation sites (N-methyl/N-ethyl adjacent to an activating group) is 1. The number of aliphatic hydroxyl groups is 1. The van der Waals surface area contributed by atoms with Crippen molar-refractivity contribution in [3.63, 3.8) is 0 Å². The highest BCUT2D eigenvalue weighted by molar-refractivity contribution is 7.99. The van der Waals surface area contributed by atoms with Crippen LogP contribution in [0.1, 0.15) is 38.6 Å². The van der Waals surface area contributed by atoms with Crippen molar-refractivity contribution in [3.05, 3.63) is 0 Å². The van der Waals surface area contributed by atoms with Gasteiger partial charge in [0.15, 0.2) is 0 Å². The lowest BCUT2D eigenvalue weighted by Crippen LogP contribution is -2.28. The van der Waals surface area contributed by atoms with E-state index in [2.05, 4.69) is 20.8 Å². The molecule has 1 unspecified atom stereocenters. The van der Waals surface area contributed by atoms with Crippen LogP contribution in [0, 0.1) is 0 Å².